The van der Waals surface area contributed by atoms with Crippen molar-refractivity contribution in [3.8, 4) is 5.75 Å². The number of thiazole rings is 1. The second-order valence-electron chi connectivity index (χ2n) is 9.83. The third kappa shape index (κ3) is 6.48. The van der Waals surface area contributed by atoms with E-state index in [-0.39, 0.29) is 16.5 Å². The van der Waals surface area contributed by atoms with E-state index in [1.807, 2.05) is 25.1 Å². The van der Waals surface area contributed by atoms with E-state index in [4.69, 9.17) is 14.5 Å². The van der Waals surface area contributed by atoms with Crippen LogP contribution in [0.1, 0.15) is 43.0 Å². The number of hydrogen-bond donors (Lipinski definition) is 0. The molecular weight excluding hydrogens is 518 g/mol. The maximum atomic E-state index is 13.9. The average molecular weight is 554 g/mol. The van der Waals surface area contributed by atoms with E-state index in [2.05, 4.69) is 9.80 Å². The Labute approximate surface area is 232 Å². The molecule has 0 unspecified atom stereocenters. The first-order valence-electron chi connectivity index (χ1n) is 13.7. The van der Waals surface area contributed by atoms with Crippen LogP contribution in [0, 0.1) is 10.1 Å². The van der Waals surface area contributed by atoms with Crippen molar-refractivity contribution in [2.75, 3.05) is 68.9 Å². The molecule has 3 aromatic rings. The molecule has 2 aliphatic heterocycles. The van der Waals surface area contributed by atoms with E-state index < -0.39 is 0 Å². The van der Waals surface area contributed by atoms with Gasteiger partial charge in [-0.1, -0.05) is 11.3 Å². The number of rotatable bonds is 10. The summed E-state index contributed by atoms with van der Waals surface area (Å²) < 4.78 is 12.0. The molecular formula is C28H35N5O5S. The number of carbonyl (C=O) groups excluding carboxylic acids is 1. The first-order chi connectivity index (χ1) is 19.0. The molecule has 208 valence electrons. The zero-order valence-corrected chi connectivity index (χ0v) is 23.2. The lowest BCUT2D eigenvalue weighted by Gasteiger charge is -2.29. The predicted molar refractivity (Wildman–Crippen MR) is 154 cm³/mol. The zero-order chi connectivity index (χ0) is 27.2. The summed E-state index contributed by atoms with van der Waals surface area (Å²) in [6, 6.07) is 10.6. The predicted octanol–water partition coefficient (Wildman–Crippen LogP) is 4.96. The molecule has 0 saturated carbocycles. The van der Waals surface area contributed by atoms with Crippen molar-refractivity contribution in [3.05, 3.63) is 52.1 Å². The smallest absolute Gasteiger partial charge is 0.293 e. The summed E-state index contributed by atoms with van der Waals surface area (Å²) in [6.07, 6.45) is 3.91. The number of nitro benzene ring substituents is 1. The van der Waals surface area contributed by atoms with Gasteiger partial charge in [0.1, 0.15) is 11.4 Å². The number of anilines is 2. The first-order valence-corrected chi connectivity index (χ1v) is 14.5. The minimum atomic E-state index is -0.379. The SMILES string of the molecule is CCOc1ccc2nc(N(CCCN3CCOCC3)C(=O)c3ccc(N4CCCCC4)c([N+](=O)[O-])c3)sc2c1. The van der Waals surface area contributed by atoms with Crippen LogP contribution in [0.4, 0.5) is 16.5 Å². The molecule has 0 spiro atoms. The minimum absolute atomic E-state index is 0.0262. The minimum Gasteiger partial charge on any atom is -0.494 e. The topological polar surface area (TPSA) is 101 Å². The number of nitrogens with zero attached hydrogens (tertiary/aromatic N) is 5. The van der Waals surface area contributed by atoms with Gasteiger partial charge in [-0.15, -0.1) is 0 Å². The molecule has 0 atom stereocenters. The number of nitro groups is 1. The monoisotopic (exact) mass is 553 g/mol. The fourth-order valence-electron chi connectivity index (χ4n) is 5.19. The molecule has 1 aromatic heterocycles. The molecule has 2 fully saturated rings. The van der Waals surface area contributed by atoms with Crippen molar-refractivity contribution >= 4 is 44.0 Å². The summed E-state index contributed by atoms with van der Waals surface area (Å²) in [5.41, 5.74) is 1.64. The Kier molecular flexibility index (Phi) is 8.90. The molecule has 1 amide bonds. The van der Waals surface area contributed by atoms with Gasteiger partial charge in [0.15, 0.2) is 5.13 Å². The molecule has 5 rings (SSSR count). The van der Waals surface area contributed by atoms with Gasteiger partial charge in [-0.25, -0.2) is 4.98 Å². The van der Waals surface area contributed by atoms with Crippen LogP contribution in [0.15, 0.2) is 36.4 Å². The Morgan fingerprint density at radius 3 is 2.67 bits per heavy atom. The van der Waals surface area contributed by atoms with Gasteiger partial charge in [0.05, 0.1) is 35.0 Å². The molecule has 0 radical (unpaired) electrons. The second-order valence-corrected chi connectivity index (χ2v) is 10.8. The van der Waals surface area contributed by atoms with Crippen LogP contribution in [-0.2, 0) is 4.74 Å². The summed E-state index contributed by atoms with van der Waals surface area (Å²) in [5, 5.41) is 12.6. The van der Waals surface area contributed by atoms with Crippen LogP contribution in [0.3, 0.4) is 0 Å². The number of morpholine rings is 1. The third-order valence-electron chi connectivity index (χ3n) is 7.21. The van der Waals surface area contributed by atoms with E-state index in [0.29, 0.717) is 29.5 Å². The van der Waals surface area contributed by atoms with E-state index in [9.17, 15) is 14.9 Å². The van der Waals surface area contributed by atoms with Crippen LogP contribution in [-0.4, -0.2) is 79.8 Å². The summed E-state index contributed by atoms with van der Waals surface area (Å²) in [7, 11) is 0. The van der Waals surface area contributed by atoms with Crippen molar-refractivity contribution in [2.24, 2.45) is 0 Å². The Bertz CT molecular complexity index is 1300. The Hall–Kier alpha value is -3.28. The summed E-state index contributed by atoms with van der Waals surface area (Å²) >= 11 is 1.43. The fraction of sp³-hybridized carbons (Fsp3) is 0.500. The van der Waals surface area contributed by atoms with Gasteiger partial charge in [-0.2, -0.15) is 0 Å². The Balaban J connectivity index is 1.43. The molecule has 2 aromatic carbocycles. The Morgan fingerprint density at radius 1 is 1.13 bits per heavy atom. The highest BCUT2D eigenvalue weighted by Gasteiger charge is 2.27. The van der Waals surface area contributed by atoms with Gasteiger partial charge in [-0.05, 0) is 62.9 Å². The van der Waals surface area contributed by atoms with Crippen molar-refractivity contribution in [2.45, 2.75) is 32.6 Å². The van der Waals surface area contributed by atoms with Crippen molar-refractivity contribution in [3.63, 3.8) is 0 Å². The molecule has 11 heteroatoms. The van der Waals surface area contributed by atoms with E-state index in [1.165, 1.54) is 17.4 Å². The van der Waals surface area contributed by atoms with Gasteiger partial charge in [-0.3, -0.25) is 24.7 Å². The molecule has 2 aliphatic rings. The number of piperidine rings is 1. The number of carbonyl (C=O) groups is 1. The summed E-state index contributed by atoms with van der Waals surface area (Å²) in [4.78, 5) is 36.4. The average Bonchev–Trinajstić information content (AvgIpc) is 3.39. The molecule has 0 N–H and O–H groups in total. The molecule has 0 aliphatic carbocycles. The lowest BCUT2D eigenvalue weighted by Crippen LogP contribution is -2.39. The lowest BCUT2D eigenvalue weighted by atomic mass is 10.1. The second kappa shape index (κ2) is 12.7. The van der Waals surface area contributed by atoms with Gasteiger partial charge in [0, 0.05) is 50.9 Å². The van der Waals surface area contributed by atoms with E-state index in [1.54, 1.807) is 17.0 Å². The molecule has 3 heterocycles. The third-order valence-corrected chi connectivity index (χ3v) is 8.25. The molecule has 10 nitrogen and oxygen atoms in total. The summed E-state index contributed by atoms with van der Waals surface area (Å²) in [5.74, 6) is 0.476. The lowest BCUT2D eigenvalue weighted by molar-refractivity contribution is -0.384. The number of hydrogen-bond acceptors (Lipinski definition) is 9. The number of ether oxygens (including phenoxy) is 2. The molecule has 0 bridgehead atoms. The maximum absolute atomic E-state index is 13.9. The largest absolute Gasteiger partial charge is 0.494 e. The van der Waals surface area contributed by atoms with Crippen molar-refractivity contribution in [1.82, 2.24) is 9.88 Å². The van der Waals surface area contributed by atoms with Gasteiger partial charge in [0.2, 0.25) is 0 Å². The van der Waals surface area contributed by atoms with Gasteiger partial charge in [0.25, 0.3) is 11.6 Å². The number of amides is 1. The molecule has 39 heavy (non-hydrogen) atoms. The standard InChI is InChI=1S/C28H35N5O5S/c1-2-38-22-8-9-23-26(20-22)39-28(29-23)32(14-6-11-30-15-17-37-18-16-30)27(34)21-7-10-24(25(19-21)33(35)36)31-12-4-3-5-13-31/h7-10,19-20H,2-6,11-18H2,1H3. The fourth-order valence-corrected chi connectivity index (χ4v) is 6.21. The Morgan fingerprint density at radius 2 is 1.92 bits per heavy atom. The van der Waals surface area contributed by atoms with E-state index >= 15 is 0 Å². The molecule has 2 saturated heterocycles. The van der Waals surface area contributed by atoms with Crippen LogP contribution >= 0.6 is 11.3 Å². The number of fused-ring (bicyclic) bond motifs is 1. The highest BCUT2D eigenvalue weighted by Crippen LogP contribution is 2.35. The first kappa shape index (κ1) is 27.3. The summed E-state index contributed by atoms with van der Waals surface area (Å²) in [6.45, 7) is 8.55. The highest BCUT2D eigenvalue weighted by molar-refractivity contribution is 7.22. The van der Waals surface area contributed by atoms with Crippen molar-refractivity contribution < 1.29 is 19.2 Å². The number of aromatic nitrogens is 1. The van der Waals surface area contributed by atoms with Crippen LogP contribution in [0.2, 0.25) is 0 Å². The van der Waals surface area contributed by atoms with Gasteiger partial charge < -0.3 is 14.4 Å². The normalized spacial score (nSPS) is 16.4. The van der Waals surface area contributed by atoms with Crippen molar-refractivity contribution in [1.29, 1.82) is 0 Å². The maximum Gasteiger partial charge on any atom is 0.293 e. The highest BCUT2D eigenvalue weighted by atomic mass is 32.1. The van der Waals surface area contributed by atoms with Gasteiger partial charge >= 0.3 is 0 Å². The quantitative estimate of drug-likeness (QED) is 0.256. The zero-order valence-electron chi connectivity index (χ0n) is 22.3. The van der Waals surface area contributed by atoms with Crippen LogP contribution in [0.25, 0.3) is 10.2 Å². The van der Waals surface area contributed by atoms with Crippen LogP contribution < -0.4 is 14.5 Å². The number of benzene rings is 2. The van der Waals surface area contributed by atoms with E-state index in [0.717, 1.165) is 87.6 Å². The van der Waals surface area contributed by atoms with Crippen LogP contribution in [0.5, 0.6) is 5.75 Å².